The number of benzene rings is 1. The summed E-state index contributed by atoms with van der Waals surface area (Å²) in [5.41, 5.74) is 1.68. The fourth-order valence-corrected chi connectivity index (χ4v) is 2.55. The van der Waals surface area contributed by atoms with Crippen molar-refractivity contribution in [3.05, 3.63) is 34.6 Å². The summed E-state index contributed by atoms with van der Waals surface area (Å²) in [6, 6.07) is 4.90. The van der Waals surface area contributed by atoms with E-state index in [1.54, 1.807) is 0 Å². The second kappa shape index (κ2) is 5.56. The molecule has 90 valence electrons. The number of nitrogens with zero attached hydrogens (tertiary/aromatic N) is 2. The Hall–Kier alpha value is -1.000. The van der Waals surface area contributed by atoms with Gasteiger partial charge in [0.2, 0.25) is 0 Å². The molecule has 2 nitrogen and oxygen atoms in total. The molecule has 0 N–H and O–H groups in total. The molecule has 0 saturated heterocycles. The fraction of sp³-hybridized carbons (Fsp3) is 0.333. The summed E-state index contributed by atoms with van der Waals surface area (Å²) < 4.78 is 13.3. The molecule has 17 heavy (non-hydrogen) atoms. The van der Waals surface area contributed by atoms with Crippen LogP contribution in [0.25, 0.3) is 10.6 Å². The summed E-state index contributed by atoms with van der Waals surface area (Å²) in [5.74, 6) is 0.381. The van der Waals surface area contributed by atoms with Gasteiger partial charge in [-0.05, 0) is 37.1 Å². The normalized spacial score (nSPS) is 10.8. The van der Waals surface area contributed by atoms with Crippen LogP contribution in [0, 0.1) is 12.7 Å². The zero-order valence-corrected chi connectivity index (χ0v) is 11.0. The highest BCUT2D eigenvalue weighted by atomic mass is 35.5. The standard InChI is InChI=1S/C12H12ClFN2S/c1-8-5-9(7-10(14)6-8)12-16-15-11(17-12)3-2-4-13/h5-7H,2-4H2,1H3. The van der Waals surface area contributed by atoms with Crippen molar-refractivity contribution >= 4 is 22.9 Å². The summed E-state index contributed by atoms with van der Waals surface area (Å²) in [5, 5.41) is 9.87. The minimum Gasteiger partial charge on any atom is -0.207 e. The van der Waals surface area contributed by atoms with Crippen molar-refractivity contribution in [1.82, 2.24) is 10.2 Å². The summed E-state index contributed by atoms with van der Waals surface area (Å²) in [4.78, 5) is 0. The molecule has 0 atom stereocenters. The number of hydrogen-bond donors (Lipinski definition) is 0. The smallest absolute Gasteiger partial charge is 0.147 e. The molecule has 0 amide bonds. The number of halogens is 2. The zero-order valence-electron chi connectivity index (χ0n) is 9.41. The van der Waals surface area contributed by atoms with Crippen LogP contribution in [0.2, 0.25) is 0 Å². The molecular weight excluding hydrogens is 259 g/mol. The molecule has 2 rings (SSSR count). The van der Waals surface area contributed by atoms with E-state index in [0.717, 1.165) is 34.0 Å². The van der Waals surface area contributed by atoms with Crippen molar-refractivity contribution in [1.29, 1.82) is 0 Å². The van der Waals surface area contributed by atoms with Gasteiger partial charge in [0.25, 0.3) is 0 Å². The van der Waals surface area contributed by atoms with Crippen molar-refractivity contribution in [2.45, 2.75) is 19.8 Å². The summed E-state index contributed by atoms with van der Waals surface area (Å²) in [6.45, 7) is 1.86. The quantitative estimate of drug-likeness (QED) is 0.789. The zero-order chi connectivity index (χ0) is 12.3. The molecule has 1 heterocycles. The van der Waals surface area contributed by atoms with E-state index in [4.69, 9.17) is 11.6 Å². The Morgan fingerprint density at radius 2 is 2.12 bits per heavy atom. The molecule has 0 radical (unpaired) electrons. The minimum absolute atomic E-state index is 0.238. The average Bonchev–Trinajstić information content (AvgIpc) is 2.73. The predicted octanol–water partition coefficient (Wildman–Crippen LogP) is 3.82. The van der Waals surface area contributed by atoms with E-state index >= 15 is 0 Å². The Labute approximate surface area is 108 Å². The van der Waals surface area contributed by atoms with Crippen LogP contribution in [0.1, 0.15) is 17.0 Å². The van der Waals surface area contributed by atoms with Gasteiger partial charge in [-0.3, -0.25) is 0 Å². The molecule has 0 aliphatic rings. The van der Waals surface area contributed by atoms with Crippen LogP contribution in [0.3, 0.4) is 0 Å². The highest BCUT2D eigenvalue weighted by Gasteiger charge is 2.08. The Kier molecular flexibility index (Phi) is 4.07. The van der Waals surface area contributed by atoms with Gasteiger partial charge in [-0.15, -0.1) is 21.8 Å². The van der Waals surface area contributed by atoms with Crippen molar-refractivity contribution in [3.8, 4) is 10.6 Å². The van der Waals surface area contributed by atoms with Gasteiger partial charge in [-0.2, -0.15) is 0 Å². The second-order valence-electron chi connectivity index (χ2n) is 3.81. The van der Waals surface area contributed by atoms with Crippen LogP contribution >= 0.6 is 22.9 Å². The van der Waals surface area contributed by atoms with E-state index in [2.05, 4.69) is 10.2 Å². The van der Waals surface area contributed by atoms with E-state index in [1.165, 1.54) is 23.5 Å². The van der Waals surface area contributed by atoms with Crippen molar-refractivity contribution in [2.24, 2.45) is 0 Å². The fourth-order valence-electron chi connectivity index (χ4n) is 1.55. The highest BCUT2D eigenvalue weighted by molar-refractivity contribution is 7.14. The molecular formula is C12H12ClFN2S. The number of aromatic nitrogens is 2. The monoisotopic (exact) mass is 270 g/mol. The van der Waals surface area contributed by atoms with Crippen LogP contribution in [0.15, 0.2) is 18.2 Å². The largest absolute Gasteiger partial charge is 0.207 e. The van der Waals surface area contributed by atoms with Gasteiger partial charge in [-0.1, -0.05) is 11.3 Å². The molecule has 0 bridgehead atoms. The maximum Gasteiger partial charge on any atom is 0.147 e. The molecule has 0 unspecified atom stereocenters. The first-order chi connectivity index (χ1) is 8.19. The lowest BCUT2D eigenvalue weighted by atomic mass is 10.1. The third kappa shape index (κ3) is 3.23. The topological polar surface area (TPSA) is 25.8 Å². The molecule has 0 saturated carbocycles. The molecule has 1 aromatic carbocycles. The Morgan fingerprint density at radius 3 is 2.82 bits per heavy atom. The Morgan fingerprint density at radius 1 is 1.29 bits per heavy atom. The van der Waals surface area contributed by atoms with Gasteiger partial charge in [-0.25, -0.2) is 4.39 Å². The van der Waals surface area contributed by atoms with E-state index in [9.17, 15) is 4.39 Å². The van der Waals surface area contributed by atoms with Crippen LogP contribution < -0.4 is 0 Å². The number of alkyl halides is 1. The lowest BCUT2D eigenvalue weighted by Crippen LogP contribution is -1.84. The minimum atomic E-state index is -0.238. The molecule has 5 heteroatoms. The van der Waals surface area contributed by atoms with Crippen molar-refractivity contribution < 1.29 is 4.39 Å². The molecule has 0 aliphatic carbocycles. The van der Waals surface area contributed by atoms with Crippen LogP contribution in [0.4, 0.5) is 4.39 Å². The van der Waals surface area contributed by atoms with E-state index in [1.807, 2.05) is 13.0 Å². The van der Waals surface area contributed by atoms with E-state index < -0.39 is 0 Å². The maximum atomic E-state index is 13.3. The van der Waals surface area contributed by atoms with Gasteiger partial charge in [0, 0.05) is 17.9 Å². The lowest BCUT2D eigenvalue weighted by molar-refractivity contribution is 0.627. The van der Waals surface area contributed by atoms with Crippen LogP contribution in [0.5, 0.6) is 0 Å². The SMILES string of the molecule is Cc1cc(F)cc(-c2nnc(CCCCl)s2)c1. The summed E-state index contributed by atoms with van der Waals surface area (Å²) in [7, 11) is 0. The summed E-state index contributed by atoms with van der Waals surface area (Å²) >= 11 is 7.12. The van der Waals surface area contributed by atoms with Gasteiger partial charge < -0.3 is 0 Å². The highest BCUT2D eigenvalue weighted by Crippen LogP contribution is 2.25. The van der Waals surface area contributed by atoms with Gasteiger partial charge >= 0.3 is 0 Å². The molecule has 0 spiro atoms. The Bertz CT molecular complexity index is 493. The van der Waals surface area contributed by atoms with Gasteiger partial charge in [0.05, 0.1) is 0 Å². The summed E-state index contributed by atoms with van der Waals surface area (Å²) in [6.07, 6.45) is 1.72. The first-order valence-corrected chi connectivity index (χ1v) is 6.70. The third-order valence-electron chi connectivity index (χ3n) is 2.28. The van der Waals surface area contributed by atoms with E-state index in [-0.39, 0.29) is 5.82 Å². The second-order valence-corrected chi connectivity index (χ2v) is 5.25. The van der Waals surface area contributed by atoms with Gasteiger partial charge in [0.15, 0.2) is 0 Å². The van der Waals surface area contributed by atoms with Crippen LogP contribution in [-0.4, -0.2) is 16.1 Å². The molecule has 1 aromatic heterocycles. The number of hydrogen-bond acceptors (Lipinski definition) is 3. The number of rotatable bonds is 4. The molecule has 2 aromatic rings. The third-order valence-corrected chi connectivity index (χ3v) is 3.58. The predicted molar refractivity (Wildman–Crippen MR) is 69.1 cm³/mol. The average molecular weight is 271 g/mol. The van der Waals surface area contributed by atoms with Gasteiger partial charge in [0.1, 0.15) is 15.8 Å². The molecule has 0 aliphatic heterocycles. The first-order valence-electron chi connectivity index (χ1n) is 5.35. The van der Waals surface area contributed by atoms with Crippen LogP contribution in [-0.2, 0) is 6.42 Å². The number of aryl methyl sites for hydroxylation is 2. The first kappa shape index (κ1) is 12.5. The van der Waals surface area contributed by atoms with Crippen molar-refractivity contribution in [3.63, 3.8) is 0 Å². The lowest BCUT2D eigenvalue weighted by Gasteiger charge is -1.98. The Balaban J connectivity index is 2.24. The maximum absolute atomic E-state index is 13.3. The van der Waals surface area contributed by atoms with Crippen molar-refractivity contribution in [2.75, 3.05) is 5.88 Å². The van der Waals surface area contributed by atoms with E-state index in [0.29, 0.717) is 5.88 Å². The molecule has 0 fully saturated rings.